The fraction of sp³-hybridized carbons (Fsp3) is 0.267. The van der Waals surface area contributed by atoms with E-state index in [1.807, 2.05) is 12.1 Å². The third-order valence-electron chi connectivity index (χ3n) is 2.69. The third-order valence-corrected chi connectivity index (χ3v) is 2.69. The van der Waals surface area contributed by atoms with Gasteiger partial charge in [0.1, 0.15) is 18.6 Å². The van der Waals surface area contributed by atoms with Crippen molar-refractivity contribution in [3.63, 3.8) is 0 Å². The van der Waals surface area contributed by atoms with Gasteiger partial charge in [0.05, 0.1) is 11.8 Å². The normalized spacial score (nSPS) is 10.2. The summed E-state index contributed by atoms with van der Waals surface area (Å²) < 4.78 is 10.4. The zero-order valence-electron chi connectivity index (χ0n) is 11.4. The van der Waals surface area contributed by atoms with E-state index < -0.39 is 0 Å². The van der Waals surface area contributed by atoms with E-state index >= 15 is 0 Å². The number of amides is 1. The Morgan fingerprint density at radius 2 is 2.05 bits per heavy atom. The summed E-state index contributed by atoms with van der Waals surface area (Å²) in [5.41, 5.74) is 1.21. The van der Waals surface area contributed by atoms with Gasteiger partial charge in [0.15, 0.2) is 0 Å². The molecule has 0 saturated carbocycles. The number of likely N-dealkylation sites (N-methyl/N-ethyl adjacent to an activating group) is 1. The van der Waals surface area contributed by atoms with Crippen LogP contribution < -0.4 is 15.4 Å². The number of carbonyl (C=O) groups excluding carboxylic acids is 1. The highest BCUT2D eigenvalue weighted by Gasteiger charge is 2.06. The highest BCUT2D eigenvalue weighted by Crippen LogP contribution is 2.16. The Labute approximate surface area is 117 Å². The first-order valence-electron chi connectivity index (χ1n) is 6.56. The van der Waals surface area contributed by atoms with Crippen LogP contribution in [0.2, 0.25) is 0 Å². The SMILES string of the molecule is CCNCCOc1ccc(NC(=O)c2ccoc2)cc1. The quantitative estimate of drug-likeness (QED) is 0.761. The molecule has 0 fully saturated rings. The second kappa shape index (κ2) is 7.35. The summed E-state index contributed by atoms with van der Waals surface area (Å²) in [5.74, 6) is 0.587. The minimum atomic E-state index is -0.195. The van der Waals surface area contributed by atoms with Crippen molar-refractivity contribution in [2.75, 3.05) is 25.0 Å². The van der Waals surface area contributed by atoms with Gasteiger partial charge in [0, 0.05) is 12.2 Å². The van der Waals surface area contributed by atoms with Gasteiger partial charge in [-0.1, -0.05) is 6.92 Å². The number of carbonyl (C=O) groups is 1. The van der Waals surface area contributed by atoms with Crippen molar-refractivity contribution in [3.05, 3.63) is 48.4 Å². The molecule has 0 aliphatic rings. The fourth-order valence-electron chi connectivity index (χ4n) is 1.65. The Hall–Kier alpha value is -2.27. The van der Waals surface area contributed by atoms with Crippen molar-refractivity contribution in [1.29, 1.82) is 0 Å². The molecule has 1 amide bonds. The summed E-state index contributed by atoms with van der Waals surface area (Å²) in [7, 11) is 0. The summed E-state index contributed by atoms with van der Waals surface area (Å²) in [5, 5.41) is 5.96. The Morgan fingerprint density at radius 3 is 2.70 bits per heavy atom. The number of hydrogen-bond acceptors (Lipinski definition) is 4. The minimum absolute atomic E-state index is 0.195. The van der Waals surface area contributed by atoms with E-state index in [0.717, 1.165) is 24.5 Å². The average Bonchev–Trinajstić information content (AvgIpc) is 3.00. The Morgan fingerprint density at radius 1 is 1.25 bits per heavy atom. The summed E-state index contributed by atoms with van der Waals surface area (Å²) in [6.45, 7) is 4.42. The number of furan rings is 1. The molecule has 0 saturated heterocycles. The summed E-state index contributed by atoms with van der Waals surface area (Å²) in [6.07, 6.45) is 2.88. The number of nitrogens with one attached hydrogen (secondary N) is 2. The van der Waals surface area contributed by atoms with Gasteiger partial charge in [-0.15, -0.1) is 0 Å². The number of ether oxygens (including phenoxy) is 1. The van der Waals surface area contributed by atoms with Gasteiger partial charge in [0.2, 0.25) is 0 Å². The molecule has 106 valence electrons. The van der Waals surface area contributed by atoms with Crippen molar-refractivity contribution in [2.45, 2.75) is 6.92 Å². The number of rotatable bonds is 7. The van der Waals surface area contributed by atoms with Crippen molar-refractivity contribution < 1.29 is 13.9 Å². The lowest BCUT2D eigenvalue weighted by Gasteiger charge is -2.08. The maximum atomic E-state index is 11.8. The molecule has 1 aromatic heterocycles. The lowest BCUT2D eigenvalue weighted by atomic mass is 10.2. The summed E-state index contributed by atoms with van der Waals surface area (Å²) in [6, 6.07) is 8.89. The highest BCUT2D eigenvalue weighted by atomic mass is 16.5. The monoisotopic (exact) mass is 274 g/mol. The lowest BCUT2D eigenvalue weighted by Crippen LogP contribution is -2.20. The van der Waals surface area contributed by atoms with Crippen LogP contribution in [0, 0.1) is 0 Å². The lowest BCUT2D eigenvalue weighted by molar-refractivity contribution is 0.102. The van der Waals surface area contributed by atoms with Crippen molar-refractivity contribution in [3.8, 4) is 5.75 Å². The van der Waals surface area contributed by atoms with E-state index in [9.17, 15) is 4.79 Å². The van der Waals surface area contributed by atoms with Gasteiger partial charge >= 0.3 is 0 Å². The Kier molecular flexibility index (Phi) is 5.20. The van der Waals surface area contributed by atoms with E-state index in [-0.39, 0.29) is 5.91 Å². The van der Waals surface area contributed by atoms with Crippen LogP contribution in [0.5, 0.6) is 5.75 Å². The van der Waals surface area contributed by atoms with Gasteiger partial charge in [0.25, 0.3) is 5.91 Å². The van der Waals surface area contributed by atoms with Crippen LogP contribution in [0.3, 0.4) is 0 Å². The largest absolute Gasteiger partial charge is 0.492 e. The van der Waals surface area contributed by atoms with Crippen molar-refractivity contribution in [1.82, 2.24) is 5.32 Å². The van der Waals surface area contributed by atoms with E-state index in [0.29, 0.717) is 12.2 Å². The Bertz CT molecular complexity index is 521. The molecule has 0 spiro atoms. The van der Waals surface area contributed by atoms with Crippen LogP contribution in [0.25, 0.3) is 0 Å². The third kappa shape index (κ3) is 4.13. The maximum absolute atomic E-state index is 11.8. The molecule has 1 heterocycles. The molecule has 2 N–H and O–H groups in total. The first-order chi connectivity index (χ1) is 9.79. The van der Waals surface area contributed by atoms with Gasteiger partial charge in [-0.05, 0) is 36.9 Å². The molecular formula is C15H18N2O3. The van der Waals surface area contributed by atoms with Crippen LogP contribution in [0.4, 0.5) is 5.69 Å². The molecule has 5 heteroatoms. The standard InChI is InChI=1S/C15H18N2O3/c1-2-16-8-10-20-14-5-3-13(4-6-14)17-15(18)12-7-9-19-11-12/h3-7,9,11,16H,2,8,10H2,1H3,(H,17,18). The molecule has 5 nitrogen and oxygen atoms in total. The molecule has 1 aromatic carbocycles. The smallest absolute Gasteiger partial charge is 0.258 e. The predicted octanol–water partition coefficient (Wildman–Crippen LogP) is 2.52. The van der Waals surface area contributed by atoms with E-state index in [2.05, 4.69) is 17.6 Å². The Balaban J connectivity index is 1.83. The molecular weight excluding hydrogens is 256 g/mol. The first-order valence-corrected chi connectivity index (χ1v) is 6.56. The molecule has 0 bridgehead atoms. The average molecular weight is 274 g/mol. The van der Waals surface area contributed by atoms with Crippen molar-refractivity contribution >= 4 is 11.6 Å². The molecule has 0 unspecified atom stereocenters. The van der Waals surface area contributed by atoms with Crippen molar-refractivity contribution in [2.24, 2.45) is 0 Å². The van der Waals surface area contributed by atoms with Gasteiger partial charge in [-0.2, -0.15) is 0 Å². The molecule has 0 atom stereocenters. The predicted molar refractivity (Wildman–Crippen MR) is 77.1 cm³/mol. The summed E-state index contributed by atoms with van der Waals surface area (Å²) >= 11 is 0. The van der Waals surface area contributed by atoms with Gasteiger partial charge in [-0.3, -0.25) is 4.79 Å². The minimum Gasteiger partial charge on any atom is -0.492 e. The van der Waals surface area contributed by atoms with Gasteiger partial charge < -0.3 is 19.8 Å². The maximum Gasteiger partial charge on any atom is 0.258 e. The number of hydrogen-bond donors (Lipinski definition) is 2. The molecule has 0 radical (unpaired) electrons. The van der Waals surface area contributed by atoms with E-state index in [1.165, 1.54) is 12.5 Å². The second-order valence-electron chi connectivity index (χ2n) is 4.19. The van der Waals surface area contributed by atoms with Crippen LogP contribution >= 0.6 is 0 Å². The van der Waals surface area contributed by atoms with Crippen LogP contribution in [0.15, 0.2) is 47.3 Å². The molecule has 2 rings (SSSR count). The molecule has 0 aliphatic carbocycles. The van der Waals surface area contributed by atoms with Crippen LogP contribution in [0.1, 0.15) is 17.3 Å². The van der Waals surface area contributed by atoms with Crippen LogP contribution in [-0.4, -0.2) is 25.6 Å². The van der Waals surface area contributed by atoms with Gasteiger partial charge in [-0.25, -0.2) is 0 Å². The van der Waals surface area contributed by atoms with Crippen LogP contribution in [-0.2, 0) is 0 Å². The molecule has 20 heavy (non-hydrogen) atoms. The zero-order chi connectivity index (χ0) is 14.2. The molecule has 2 aromatic rings. The first kappa shape index (κ1) is 14.1. The number of benzene rings is 1. The molecule has 0 aliphatic heterocycles. The van der Waals surface area contributed by atoms with E-state index in [4.69, 9.17) is 9.15 Å². The topological polar surface area (TPSA) is 63.5 Å². The zero-order valence-corrected chi connectivity index (χ0v) is 11.4. The fourth-order valence-corrected chi connectivity index (χ4v) is 1.65. The second-order valence-corrected chi connectivity index (χ2v) is 4.19. The highest BCUT2D eigenvalue weighted by molar-refractivity contribution is 6.03. The van der Waals surface area contributed by atoms with E-state index in [1.54, 1.807) is 18.2 Å². The number of anilines is 1. The summed E-state index contributed by atoms with van der Waals surface area (Å²) in [4.78, 5) is 11.8.